The maximum Gasteiger partial charge on any atom is 0.303 e. The highest BCUT2D eigenvalue weighted by molar-refractivity contribution is 5.66. The van der Waals surface area contributed by atoms with E-state index in [-0.39, 0.29) is 17.5 Å². The zero-order valence-corrected chi connectivity index (χ0v) is 12.5. The van der Waals surface area contributed by atoms with Crippen LogP contribution in [0.1, 0.15) is 43.6 Å². The third kappa shape index (κ3) is 2.00. The Morgan fingerprint density at radius 2 is 2.30 bits per heavy atom. The number of rotatable bonds is 1. The van der Waals surface area contributed by atoms with Gasteiger partial charge in [0.25, 0.3) is 0 Å². The smallest absolute Gasteiger partial charge is 0.303 e. The molecule has 2 aliphatic rings. The first-order valence-corrected chi connectivity index (χ1v) is 7.32. The zero-order chi connectivity index (χ0) is 14.5. The molecule has 3 atom stereocenters. The molecule has 1 aromatic heterocycles. The number of hydrogen-bond acceptors (Lipinski definition) is 3. The lowest BCUT2D eigenvalue weighted by atomic mass is 9.58. The molecule has 1 aromatic rings. The van der Waals surface area contributed by atoms with E-state index in [0.29, 0.717) is 5.92 Å². The van der Waals surface area contributed by atoms with Crippen LogP contribution in [-0.2, 0) is 22.4 Å². The monoisotopic (exact) mass is 274 g/mol. The Hall–Kier alpha value is -1.51. The van der Waals surface area contributed by atoms with Gasteiger partial charge in [-0.3, -0.25) is 4.79 Å². The lowest BCUT2D eigenvalue weighted by Gasteiger charge is -2.47. The van der Waals surface area contributed by atoms with Crippen molar-refractivity contribution in [3.8, 4) is 0 Å². The van der Waals surface area contributed by atoms with Gasteiger partial charge in [0.05, 0.1) is 6.26 Å². The second-order valence-electron chi connectivity index (χ2n) is 6.62. The van der Waals surface area contributed by atoms with Gasteiger partial charge in [-0.05, 0) is 54.2 Å². The fourth-order valence-electron chi connectivity index (χ4n) is 3.93. The number of aryl methyl sites for hydroxylation is 1. The van der Waals surface area contributed by atoms with Gasteiger partial charge in [-0.15, -0.1) is 0 Å². The number of carbonyl (C=O) groups is 1. The normalized spacial score (nSPS) is 32.5. The average molecular weight is 274 g/mol. The molecule has 3 nitrogen and oxygen atoms in total. The molecular weight excluding hydrogens is 252 g/mol. The molecule has 2 aliphatic carbocycles. The first kappa shape index (κ1) is 13.5. The van der Waals surface area contributed by atoms with E-state index in [1.165, 1.54) is 18.1 Å². The van der Waals surface area contributed by atoms with Crippen molar-refractivity contribution < 1.29 is 13.9 Å². The average Bonchev–Trinajstić information content (AvgIpc) is 2.72. The highest BCUT2D eigenvalue weighted by atomic mass is 16.5. The Labute approximate surface area is 120 Å². The Morgan fingerprint density at radius 1 is 1.55 bits per heavy atom. The number of fused-ring (bicyclic) bond motifs is 2. The van der Waals surface area contributed by atoms with E-state index in [1.54, 1.807) is 0 Å². The third-order valence-electron chi connectivity index (χ3n) is 5.15. The summed E-state index contributed by atoms with van der Waals surface area (Å²) in [5, 5.41) is 0. The van der Waals surface area contributed by atoms with Crippen LogP contribution in [-0.4, -0.2) is 12.1 Å². The minimum Gasteiger partial charge on any atom is -0.469 e. The van der Waals surface area contributed by atoms with Crippen molar-refractivity contribution in [3.63, 3.8) is 0 Å². The van der Waals surface area contributed by atoms with E-state index in [1.807, 2.05) is 6.26 Å². The minimum atomic E-state index is -0.212. The van der Waals surface area contributed by atoms with Crippen LogP contribution in [0.4, 0.5) is 0 Å². The van der Waals surface area contributed by atoms with Gasteiger partial charge in [-0.2, -0.15) is 0 Å². The molecule has 0 saturated heterocycles. The summed E-state index contributed by atoms with van der Waals surface area (Å²) in [6, 6.07) is 0. The molecule has 20 heavy (non-hydrogen) atoms. The maximum atomic E-state index is 11.2. The molecule has 0 aromatic carbocycles. The minimum absolute atomic E-state index is 0.112. The quantitative estimate of drug-likeness (QED) is 0.580. The van der Waals surface area contributed by atoms with Crippen molar-refractivity contribution in [1.82, 2.24) is 0 Å². The standard InChI is InChI=1S/C17H22O3/c1-10-9-19-16-8-17(4)6-5-15(20-12(3)18)11(2)14(17)7-13(10)16/h9,14-15H,2,5-8H2,1,3-4H3/t14?,15?,17-/m1/s1. The van der Waals surface area contributed by atoms with Crippen LogP contribution in [0.2, 0.25) is 0 Å². The van der Waals surface area contributed by atoms with Crippen LogP contribution in [0.15, 0.2) is 22.8 Å². The van der Waals surface area contributed by atoms with Crippen molar-refractivity contribution in [2.75, 3.05) is 0 Å². The van der Waals surface area contributed by atoms with Gasteiger partial charge in [-0.1, -0.05) is 13.5 Å². The molecule has 2 unspecified atom stereocenters. The SMILES string of the molecule is C=C1C(OC(C)=O)CC[C@]2(C)Cc3occ(C)c3CC12. The first-order valence-electron chi connectivity index (χ1n) is 7.32. The molecule has 0 amide bonds. The van der Waals surface area contributed by atoms with E-state index >= 15 is 0 Å². The van der Waals surface area contributed by atoms with Gasteiger partial charge >= 0.3 is 5.97 Å². The summed E-state index contributed by atoms with van der Waals surface area (Å²) in [5.41, 5.74) is 3.83. The van der Waals surface area contributed by atoms with Crippen molar-refractivity contribution in [2.24, 2.45) is 11.3 Å². The fraction of sp³-hybridized carbons (Fsp3) is 0.588. The Balaban J connectivity index is 1.90. The highest BCUT2D eigenvalue weighted by Gasteiger charge is 2.47. The molecule has 0 spiro atoms. The molecular formula is C17H22O3. The van der Waals surface area contributed by atoms with Crippen LogP contribution in [0.3, 0.4) is 0 Å². The molecule has 0 N–H and O–H groups in total. The van der Waals surface area contributed by atoms with Gasteiger partial charge in [0.1, 0.15) is 11.9 Å². The predicted octanol–water partition coefficient (Wildman–Crippen LogP) is 3.59. The molecule has 0 bridgehead atoms. The van der Waals surface area contributed by atoms with E-state index in [9.17, 15) is 4.79 Å². The molecule has 3 rings (SSSR count). The van der Waals surface area contributed by atoms with Gasteiger partial charge in [0, 0.05) is 13.3 Å². The van der Waals surface area contributed by atoms with Crippen molar-refractivity contribution in [1.29, 1.82) is 0 Å². The molecule has 3 heteroatoms. The summed E-state index contributed by atoms with van der Waals surface area (Å²) >= 11 is 0. The van der Waals surface area contributed by atoms with Crippen LogP contribution in [0.5, 0.6) is 0 Å². The summed E-state index contributed by atoms with van der Waals surface area (Å²) in [4.78, 5) is 11.2. The summed E-state index contributed by atoms with van der Waals surface area (Å²) in [7, 11) is 0. The molecule has 1 fully saturated rings. The number of hydrogen-bond donors (Lipinski definition) is 0. The first-order chi connectivity index (χ1) is 9.40. The number of esters is 1. The predicted molar refractivity (Wildman–Crippen MR) is 76.4 cm³/mol. The zero-order valence-electron chi connectivity index (χ0n) is 12.5. The van der Waals surface area contributed by atoms with Crippen molar-refractivity contribution in [2.45, 2.75) is 52.6 Å². The van der Waals surface area contributed by atoms with E-state index in [2.05, 4.69) is 20.4 Å². The summed E-state index contributed by atoms with van der Waals surface area (Å²) < 4.78 is 11.1. The molecule has 0 aliphatic heterocycles. The fourth-order valence-corrected chi connectivity index (χ4v) is 3.93. The van der Waals surface area contributed by atoms with Crippen molar-refractivity contribution >= 4 is 5.97 Å². The Morgan fingerprint density at radius 3 is 3.00 bits per heavy atom. The Kier molecular flexibility index (Phi) is 3.03. The van der Waals surface area contributed by atoms with Crippen LogP contribution in [0, 0.1) is 18.3 Å². The van der Waals surface area contributed by atoms with Gasteiger partial charge in [-0.25, -0.2) is 0 Å². The van der Waals surface area contributed by atoms with Gasteiger partial charge in [0.15, 0.2) is 0 Å². The van der Waals surface area contributed by atoms with Gasteiger partial charge in [0.2, 0.25) is 0 Å². The second-order valence-corrected chi connectivity index (χ2v) is 6.62. The lowest BCUT2D eigenvalue weighted by Crippen LogP contribution is -2.44. The molecule has 0 radical (unpaired) electrons. The third-order valence-corrected chi connectivity index (χ3v) is 5.15. The van der Waals surface area contributed by atoms with Gasteiger partial charge < -0.3 is 9.15 Å². The number of furan rings is 1. The molecule has 1 heterocycles. The van der Waals surface area contributed by atoms with Crippen molar-refractivity contribution in [3.05, 3.63) is 35.3 Å². The lowest BCUT2D eigenvalue weighted by molar-refractivity contribution is -0.146. The molecule has 108 valence electrons. The van der Waals surface area contributed by atoms with Crippen LogP contribution < -0.4 is 0 Å². The summed E-state index contributed by atoms with van der Waals surface area (Å²) in [6.45, 7) is 10.1. The largest absolute Gasteiger partial charge is 0.469 e. The van der Waals surface area contributed by atoms with E-state index in [4.69, 9.17) is 9.15 Å². The topological polar surface area (TPSA) is 39.4 Å². The van der Waals surface area contributed by atoms with E-state index < -0.39 is 0 Å². The van der Waals surface area contributed by atoms with Crippen LogP contribution >= 0.6 is 0 Å². The van der Waals surface area contributed by atoms with Crippen LogP contribution in [0.25, 0.3) is 0 Å². The highest BCUT2D eigenvalue weighted by Crippen LogP contribution is 2.51. The summed E-state index contributed by atoms with van der Waals surface area (Å²) in [5.74, 6) is 1.31. The van der Waals surface area contributed by atoms with E-state index in [0.717, 1.165) is 37.0 Å². The Bertz CT molecular complexity index is 569. The number of ether oxygens (including phenoxy) is 1. The number of carbonyl (C=O) groups excluding carboxylic acids is 1. The second kappa shape index (κ2) is 4.51. The maximum absolute atomic E-state index is 11.2. The summed E-state index contributed by atoms with van der Waals surface area (Å²) in [6.07, 6.45) is 5.60. The molecule has 1 saturated carbocycles.